The summed E-state index contributed by atoms with van der Waals surface area (Å²) in [5.74, 6) is -2.23. The third-order valence-electron chi connectivity index (χ3n) is 4.66. The highest BCUT2D eigenvalue weighted by atomic mass is 35.5. The minimum atomic E-state index is -5.07. The summed E-state index contributed by atoms with van der Waals surface area (Å²) in [6, 6.07) is 4.78. The van der Waals surface area contributed by atoms with Gasteiger partial charge in [0.2, 0.25) is 0 Å². The number of hydrogen-bond acceptors (Lipinski definition) is 6. The monoisotopic (exact) mass is 375 g/mol. The summed E-state index contributed by atoms with van der Waals surface area (Å²) in [5, 5.41) is 0.456. The lowest BCUT2D eigenvalue weighted by molar-refractivity contribution is -0.223. The first-order valence-electron chi connectivity index (χ1n) is 7.54. The van der Waals surface area contributed by atoms with Gasteiger partial charge in [0.05, 0.1) is 0 Å². The van der Waals surface area contributed by atoms with E-state index in [1.165, 1.54) is 4.90 Å². The van der Waals surface area contributed by atoms with Crippen molar-refractivity contribution in [2.24, 2.45) is 11.1 Å². The van der Waals surface area contributed by atoms with E-state index < -0.39 is 23.8 Å². The van der Waals surface area contributed by atoms with Crippen molar-refractivity contribution in [2.45, 2.75) is 31.3 Å². The van der Waals surface area contributed by atoms with Crippen LogP contribution < -0.4 is 10.6 Å². The van der Waals surface area contributed by atoms with Gasteiger partial charge in [-0.25, -0.2) is 4.79 Å². The fourth-order valence-electron chi connectivity index (χ4n) is 3.57. The summed E-state index contributed by atoms with van der Waals surface area (Å²) >= 11 is 5.89. The van der Waals surface area contributed by atoms with Gasteiger partial charge in [0.1, 0.15) is 5.52 Å². The van der Waals surface area contributed by atoms with Crippen LogP contribution in [0, 0.1) is 5.41 Å². The number of rotatable bonds is 2. The Morgan fingerprint density at radius 3 is 2.80 bits per heavy atom. The van der Waals surface area contributed by atoms with E-state index in [0.29, 0.717) is 35.5 Å². The summed E-state index contributed by atoms with van der Waals surface area (Å²) in [5.41, 5.74) is 6.09. The normalized spacial score (nSPS) is 28.8. The van der Waals surface area contributed by atoms with E-state index in [9.17, 15) is 18.0 Å². The number of fused-ring (bicyclic) bond motifs is 1. The average molecular weight is 376 g/mol. The molecule has 1 spiro atoms. The zero-order valence-corrected chi connectivity index (χ0v) is 13.5. The van der Waals surface area contributed by atoms with E-state index in [4.69, 9.17) is 26.5 Å². The number of alkyl halides is 3. The first-order valence-corrected chi connectivity index (χ1v) is 7.92. The molecular weight excluding hydrogens is 363 g/mol. The van der Waals surface area contributed by atoms with Crippen LogP contribution in [-0.4, -0.2) is 35.9 Å². The molecule has 2 N–H and O–H groups in total. The summed E-state index contributed by atoms with van der Waals surface area (Å²) < 4.78 is 48.1. The smallest absolute Gasteiger partial charge is 0.434 e. The number of benzene rings is 1. The van der Waals surface area contributed by atoms with Crippen LogP contribution in [0.1, 0.15) is 12.8 Å². The standard InChI is InChI=1S/C15H13ClF3N3O3/c16-7-1-2-10-9(3-7)21-13(24-10)22-6-14(4-8(20)5-14)11(22)25-12(23)15(17,18)19/h1-3,8,11H,4-6,20H2. The Morgan fingerprint density at radius 2 is 2.16 bits per heavy atom. The predicted octanol–water partition coefficient (Wildman–Crippen LogP) is 2.84. The van der Waals surface area contributed by atoms with Crippen LogP contribution in [0.3, 0.4) is 0 Å². The number of nitrogens with zero attached hydrogens (tertiary/aromatic N) is 2. The molecule has 10 heteroatoms. The fraction of sp³-hybridized carbons (Fsp3) is 0.467. The Morgan fingerprint density at radius 1 is 1.44 bits per heavy atom. The van der Waals surface area contributed by atoms with Crippen molar-refractivity contribution in [1.82, 2.24) is 4.98 Å². The molecule has 1 saturated carbocycles. The highest BCUT2D eigenvalue weighted by Gasteiger charge is 2.63. The number of carbonyl (C=O) groups excluding carboxylic acids is 1. The summed E-state index contributed by atoms with van der Waals surface area (Å²) in [6.07, 6.45) is -5.22. The number of anilines is 1. The Hall–Kier alpha value is -2.00. The Bertz CT molecular complexity index is 847. The summed E-state index contributed by atoms with van der Waals surface area (Å²) in [4.78, 5) is 16.9. The number of oxazole rings is 1. The van der Waals surface area contributed by atoms with Crippen molar-refractivity contribution in [3.05, 3.63) is 23.2 Å². The van der Waals surface area contributed by atoms with Crippen molar-refractivity contribution >= 4 is 34.7 Å². The van der Waals surface area contributed by atoms with Crippen molar-refractivity contribution < 1.29 is 27.1 Å². The summed E-state index contributed by atoms with van der Waals surface area (Å²) in [7, 11) is 0. The highest BCUT2D eigenvalue weighted by molar-refractivity contribution is 6.31. The van der Waals surface area contributed by atoms with Crippen molar-refractivity contribution in [3.8, 4) is 0 Å². The molecule has 2 aromatic rings. The number of hydrogen-bond donors (Lipinski definition) is 1. The van der Waals surface area contributed by atoms with Crippen molar-refractivity contribution in [3.63, 3.8) is 0 Å². The van der Waals surface area contributed by atoms with E-state index in [0.717, 1.165) is 0 Å². The second-order valence-corrected chi connectivity index (χ2v) is 6.96. The van der Waals surface area contributed by atoms with Crippen LogP contribution in [0.5, 0.6) is 0 Å². The molecular formula is C15H13ClF3N3O3. The maximum absolute atomic E-state index is 12.6. The van der Waals surface area contributed by atoms with Crippen LogP contribution in [0.2, 0.25) is 5.02 Å². The lowest BCUT2D eigenvalue weighted by Crippen LogP contribution is -2.73. The number of aromatic nitrogens is 1. The van der Waals surface area contributed by atoms with Gasteiger partial charge in [0.25, 0.3) is 0 Å². The number of nitrogens with two attached hydrogens (primary N) is 1. The first-order chi connectivity index (χ1) is 11.7. The van der Waals surface area contributed by atoms with Gasteiger partial charge in [0.15, 0.2) is 11.8 Å². The largest absolute Gasteiger partial charge is 0.491 e. The topological polar surface area (TPSA) is 81.6 Å². The molecule has 134 valence electrons. The Kier molecular flexibility index (Phi) is 3.46. The minimum absolute atomic E-state index is 0.0864. The van der Waals surface area contributed by atoms with Crippen LogP contribution in [0.15, 0.2) is 22.6 Å². The minimum Gasteiger partial charge on any atom is -0.434 e. The molecule has 1 unspecified atom stereocenters. The molecule has 25 heavy (non-hydrogen) atoms. The van der Waals surface area contributed by atoms with E-state index in [1.54, 1.807) is 18.2 Å². The van der Waals surface area contributed by atoms with Gasteiger partial charge in [-0.2, -0.15) is 18.2 Å². The lowest BCUT2D eigenvalue weighted by Gasteiger charge is -2.61. The number of ether oxygens (including phenoxy) is 1. The third kappa shape index (κ3) is 2.62. The van der Waals surface area contributed by atoms with Gasteiger partial charge in [-0.15, -0.1) is 0 Å². The quantitative estimate of drug-likeness (QED) is 0.813. The maximum atomic E-state index is 12.6. The predicted molar refractivity (Wildman–Crippen MR) is 81.9 cm³/mol. The molecule has 0 amide bonds. The average Bonchev–Trinajstić information content (AvgIpc) is 2.88. The van der Waals surface area contributed by atoms with Crippen molar-refractivity contribution in [1.29, 1.82) is 0 Å². The fourth-order valence-corrected chi connectivity index (χ4v) is 3.74. The van der Waals surface area contributed by atoms with Gasteiger partial charge in [-0.05, 0) is 31.0 Å². The highest BCUT2D eigenvalue weighted by Crippen LogP contribution is 2.54. The lowest BCUT2D eigenvalue weighted by atomic mass is 9.59. The van der Waals surface area contributed by atoms with Crippen LogP contribution in [-0.2, 0) is 9.53 Å². The molecule has 0 radical (unpaired) electrons. The van der Waals surface area contributed by atoms with E-state index in [-0.39, 0.29) is 12.1 Å². The Balaban J connectivity index is 1.62. The number of carbonyl (C=O) groups is 1. The van der Waals surface area contributed by atoms with E-state index in [1.807, 2.05) is 0 Å². The van der Waals surface area contributed by atoms with E-state index >= 15 is 0 Å². The molecule has 1 aliphatic carbocycles. The molecule has 1 saturated heterocycles. The molecule has 1 aromatic heterocycles. The summed E-state index contributed by atoms with van der Waals surface area (Å²) in [6.45, 7) is 0.358. The van der Waals surface area contributed by atoms with Gasteiger partial charge in [-0.1, -0.05) is 11.6 Å². The van der Waals surface area contributed by atoms with Gasteiger partial charge in [0, 0.05) is 23.0 Å². The zero-order valence-electron chi connectivity index (χ0n) is 12.7. The second kappa shape index (κ2) is 5.25. The number of esters is 1. The van der Waals surface area contributed by atoms with Crippen LogP contribution in [0.25, 0.3) is 11.1 Å². The molecule has 0 bridgehead atoms. The van der Waals surface area contributed by atoms with Gasteiger partial charge >= 0.3 is 18.2 Å². The molecule has 6 nitrogen and oxygen atoms in total. The molecule has 1 atom stereocenters. The second-order valence-electron chi connectivity index (χ2n) is 6.52. The van der Waals surface area contributed by atoms with Gasteiger partial charge in [-0.3, -0.25) is 4.90 Å². The Labute approximate surface area is 144 Å². The van der Waals surface area contributed by atoms with Crippen molar-refractivity contribution in [2.75, 3.05) is 11.4 Å². The molecule has 2 heterocycles. The molecule has 1 aromatic carbocycles. The molecule has 2 fully saturated rings. The SMILES string of the molecule is NC1CC2(C1)CN(c1nc3cc(Cl)ccc3o1)C2OC(=O)C(F)(F)F. The molecule has 2 aliphatic rings. The molecule has 1 aliphatic heterocycles. The van der Waals surface area contributed by atoms with Crippen LogP contribution in [0.4, 0.5) is 19.2 Å². The van der Waals surface area contributed by atoms with E-state index in [2.05, 4.69) is 4.98 Å². The van der Waals surface area contributed by atoms with Gasteiger partial charge < -0.3 is 14.9 Å². The van der Waals surface area contributed by atoms with Crippen LogP contribution >= 0.6 is 11.6 Å². The maximum Gasteiger partial charge on any atom is 0.491 e. The number of halogens is 4. The third-order valence-corrected chi connectivity index (χ3v) is 4.90. The molecule has 4 rings (SSSR count). The first kappa shape index (κ1) is 16.5. The zero-order chi connectivity index (χ0) is 18.0.